The highest BCUT2D eigenvalue weighted by molar-refractivity contribution is 9.10. The smallest absolute Gasteiger partial charge is 0.225 e. The van der Waals surface area contributed by atoms with Crippen LogP contribution in [0.15, 0.2) is 53.3 Å². The number of nitrogens with zero attached hydrogens (tertiary/aromatic N) is 3. The molecule has 0 aliphatic carbocycles. The Morgan fingerprint density at radius 2 is 1.88 bits per heavy atom. The minimum absolute atomic E-state index is 0.123. The molecule has 0 saturated heterocycles. The molecule has 0 saturated carbocycles. The van der Waals surface area contributed by atoms with E-state index in [1.54, 1.807) is 12.4 Å². The number of halogens is 1. The van der Waals surface area contributed by atoms with Crippen molar-refractivity contribution in [3.8, 4) is 11.3 Å². The lowest BCUT2D eigenvalue weighted by Gasteiger charge is -2.12. The molecule has 0 aliphatic rings. The van der Waals surface area contributed by atoms with Gasteiger partial charge in [0.1, 0.15) is 5.82 Å². The zero-order chi connectivity index (χ0) is 18.4. The quantitative estimate of drug-likeness (QED) is 0.504. The zero-order valence-electron chi connectivity index (χ0n) is 14.4. The van der Waals surface area contributed by atoms with Gasteiger partial charge < -0.3 is 15.7 Å². The fourth-order valence-corrected chi connectivity index (χ4v) is 2.99. The van der Waals surface area contributed by atoms with Gasteiger partial charge in [0.25, 0.3) is 0 Å². The summed E-state index contributed by atoms with van der Waals surface area (Å²) >= 11 is 3.58. The van der Waals surface area contributed by atoms with Crippen LogP contribution in [-0.4, -0.2) is 33.2 Å². The standard InChI is InChI=1S/C19H20BrN5O/c1-13-3-4-16(15(20)11-13)23-18-12-17(14-5-8-21-9-6-14)24-19(25-18)22-7-2-10-26/h3-6,8-9,11-12,26H,2,7,10H2,1H3,(H2,22,23,24,25). The predicted molar refractivity (Wildman–Crippen MR) is 108 cm³/mol. The minimum Gasteiger partial charge on any atom is -0.396 e. The van der Waals surface area contributed by atoms with Crippen LogP contribution in [0, 0.1) is 6.92 Å². The van der Waals surface area contributed by atoms with Gasteiger partial charge in [0.05, 0.1) is 11.4 Å². The topological polar surface area (TPSA) is 83.0 Å². The van der Waals surface area contributed by atoms with Gasteiger partial charge in [-0.25, -0.2) is 4.98 Å². The number of aromatic nitrogens is 3. The van der Waals surface area contributed by atoms with E-state index in [0.29, 0.717) is 24.7 Å². The van der Waals surface area contributed by atoms with Crippen molar-refractivity contribution in [1.29, 1.82) is 0 Å². The highest BCUT2D eigenvalue weighted by Gasteiger charge is 2.08. The lowest BCUT2D eigenvalue weighted by atomic mass is 10.2. The number of aryl methyl sites for hydroxylation is 1. The molecule has 7 heteroatoms. The van der Waals surface area contributed by atoms with Crippen molar-refractivity contribution < 1.29 is 5.11 Å². The average Bonchev–Trinajstić information content (AvgIpc) is 2.65. The third kappa shape index (κ3) is 4.77. The maximum absolute atomic E-state index is 8.97. The Hall–Kier alpha value is -2.51. The van der Waals surface area contributed by atoms with E-state index < -0.39 is 0 Å². The van der Waals surface area contributed by atoms with E-state index in [9.17, 15) is 0 Å². The molecule has 134 valence electrons. The molecule has 0 unspecified atom stereocenters. The Labute approximate surface area is 160 Å². The number of hydrogen-bond donors (Lipinski definition) is 3. The summed E-state index contributed by atoms with van der Waals surface area (Å²) in [7, 11) is 0. The number of aliphatic hydroxyl groups is 1. The minimum atomic E-state index is 0.123. The van der Waals surface area contributed by atoms with Crippen molar-refractivity contribution in [3.63, 3.8) is 0 Å². The molecule has 2 aromatic heterocycles. The van der Waals surface area contributed by atoms with Crippen LogP contribution in [-0.2, 0) is 0 Å². The lowest BCUT2D eigenvalue weighted by molar-refractivity contribution is 0.292. The first-order valence-corrected chi connectivity index (χ1v) is 9.12. The van der Waals surface area contributed by atoms with Gasteiger partial charge in [-0.2, -0.15) is 4.98 Å². The van der Waals surface area contributed by atoms with Gasteiger partial charge in [0.15, 0.2) is 0 Å². The van der Waals surface area contributed by atoms with Crippen molar-refractivity contribution in [2.24, 2.45) is 0 Å². The van der Waals surface area contributed by atoms with Crippen LogP contribution >= 0.6 is 15.9 Å². The number of aliphatic hydroxyl groups excluding tert-OH is 1. The highest BCUT2D eigenvalue weighted by Crippen LogP contribution is 2.28. The molecule has 0 spiro atoms. The summed E-state index contributed by atoms with van der Waals surface area (Å²) in [6, 6.07) is 11.8. The van der Waals surface area contributed by atoms with E-state index in [1.165, 1.54) is 5.56 Å². The Morgan fingerprint density at radius 3 is 2.62 bits per heavy atom. The molecule has 0 radical (unpaired) electrons. The third-order valence-corrected chi connectivity index (χ3v) is 4.36. The summed E-state index contributed by atoms with van der Waals surface area (Å²) in [5.41, 5.74) is 3.85. The van der Waals surface area contributed by atoms with Crippen molar-refractivity contribution in [2.75, 3.05) is 23.8 Å². The Morgan fingerprint density at radius 1 is 1.08 bits per heavy atom. The van der Waals surface area contributed by atoms with Crippen LogP contribution in [0.25, 0.3) is 11.3 Å². The number of pyridine rings is 1. The molecular formula is C19H20BrN5O. The fourth-order valence-electron chi connectivity index (χ4n) is 2.40. The summed E-state index contributed by atoms with van der Waals surface area (Å²) < 4.78 is 0.969. The predicted octanol–water partition coefficient (Wildman–Crippen LogP) is 4.15. The zero-order valence-corrected chi connectivity index (χ0v) is 16.0. The summed E-state index contributed by atoms with van der Waals surface area (Å²) in [5.74, 6) is 1.20. The van der Waals surface area contributed by atoms with E-state index in [4.69, 9.17) is 5.11 Å². The molecule has 1 aromatic carbocycles. The van der Waals surface area contributed by atoms with E-state index in [-0.39, 0.29) is 6.61 Å². The van der Waals surface area contributed by atoms with Gasteiger partial charge in [0, 0.05) is 41.6 Å². The fraction of sp³-hybridized carbons (Fsp3) is 0.211. The van der Waals surface area contributed by atoms with Crippen LogP contribution < -0.4 is 10.6 Å². The Bertz CT molecular complexity index is 873. The summed E-state index contributed by atoms with van der Waals surface area (Å²) in [6.07, 6.45) is 4.11. The third-order valence-electron chi connectivity index (χ3n) is 3.71. The van der Waals surface area contributed by atoms with Gasteiger partial charge >= 0.3 is 0 Å². The maximum Gasteiger partial charge on any atom is 0.225 e. The van der Waals surface area contributed by atoms with Gasteiger partial charge in [-0.05, 0) is 59.1 Å². The van der Waals surface area contributed by atoms with Crippen LogP contribution in [0.3, 0.4) is 0 Å². The molecule has 6 nitrogen and oxygen atoms in total. The van der Waals surface area contributed by atoms with Gasteiger partial charge in [0.2, 0.25) is 5.95 Å². The normalized spacial score (nSPS) is 10.6. The largest absolute Gasteiger partial charge is 0.396 e. The van der Waals surface area contributed by atoms with E-state index >= 15 is 0 Å². The number of nitrogens with one attached hydrogen (secondary N) is 2. The van der Waals surface area contributed by atoms with E-state index in [2.05, 4.69) is 41.5 Å². The molecule has 3 aromatic rings. The number of rotatable bonds is 7. The summed E-state index contributed by atoms with van der Waals surface area (Å²) in [5, 5.41) is 15.5. The van der Waals surface area contributed by atoms with Crippen molar-refractivity contribution >= 4 is 33.4 Å². The maximum atomic E-state index is 8.97. The first-order chi connectivity index (χ1) is 12.7. The van der Waals surface area contributed by atoms with Crippen molar-refractivity contribution in [3.05, 3.63) is 58.8 Å². The van der Waals surface area contributed by atoms with E-state index in [0.717, 1.165) is 21.4 Å². The van der Waals surface area contributed by atoms with Crippen molar-refractivity contribution in [2.45, 2.75) is 13.3 Å². The van der Waals surface area contributed by atoms with Crippen LogP contribution in [0.4, 0.5) is 17.5 Å². The summed E-state index contributed by atoms with van der Waals surface area (Å²) in [6.45, 7) is 2.77. The Balaban J connectivity index is 1.93. The molecule has 0 atom stereocenters. The molecule has 2 heterocycles. The van der Waals surface area contributed by atoms with Crippen molar-refractivity contribution in [1.82, 2.24) is 15.0 Å². The van der Waals surface area contributed by atoms with Crippen LogP contribution in [0.1, 0.15) is 12.0 Å². The van der Waals surface area contributed by atoms with E-state index in [1.807, 2.05) is 43.3 Å². The first-order valence-electron chi connectivity index (χ1n) is 8.33. The summed E-state index contributed by atoms with van der Waals surface area (Å²) in [4.78, 5) is 13.2. The molecule has 0 amide bonds. The van der Waals surface area contributed by atoms with Crippen LogP contribution in [0.2, 0.25) is 0 Å². The van der Waals surface area contributed by atoms with Crippen LogP contribution in [0.5, 0.6) is 0 Å². The SMILES string of the molecule is Cc1ccc(Nc2cc(-c3ccncc3)nc(NCCCO)n2)c(Br)c1. The first kappa shape index (κ1) is 18.3. The lowest BCUT2D eigenvalue weighted by Crippen LogP contribution is -2.08. The molecule has 3 N–H and O–H groups in total. The number of hydrogen-bond acceptors (Lipinski definition) is 6. The molecular weight excluding hydrogens is 394 g/mol. The molecule has 0 fully saturated rings. The molecule has 0 bridgehead atoms. The average molecular weight is 414 g/mol. The second kappa shape index (κ2) is 8.73. The van der Waals surface area contributed by atoms with Gasteiger partial charge in [-0.1, -0.05) is 6.07 Å². The Kier molecular flexibility index (Phi) is 6.14. The highest BCUT2D eigenvalue weighted by atomic mass is 79.9. The molecule has 0 aliphatic heterocycles. The van der Waals surface area contributed by atoms with Gasteiger partial charge in [-0.3, -0.25) is 4.98 Å². The second-order valence-corrected chi connectivity index (χ2v) is 6.66. The molecule has 26 heavy (non-hydrogen) atoms. The second-order valence-electron chi connectivity index (χ2n) is 5.81. The molecule has 3 rings (SSSR count). The monoisotopic (exact) mass is 413 g/mol. The number of anilines is 3. The number of benzene rings is 1. The van der Waals surface area contributed by atoms with Gasteiger partial charge in [-0.15, -0.1) is 0 Å².